The molecule has 0 bridgehead atoms. The third-order valence-corrected chi connectivity index (χ3v) is 3.94. The summed E-state index contributed by atoms with van der Waals surface area (Å²) in [5, 5.41) is 10.0. The van der Waals surface area contributed by atoms with Crippen molar-refractivity contribution in [1.29, 1.82) is 0 Å². The number of hydrogen-bond acceptors (Lipinski definition) is 5. The van der Waals surface area contributed by atoms with Crippen LogP contribution in [-0.2, 0) is 6.54 Å². The summed E-state index contributed by atoms with van der Waals surface area (Å²) in [6.07, 6.45) is 3.63. The second-order valence-corrected chi connectivity index (χ2v) is 5.80. The first-order valence-corrected chi connectivity index (χ1v) is 8.53. The highest BCUT2D eigenvalue weighted by atomic mass is 16.5. The molecule has 0 saturated heterocycles. The first-order valence-electron chi connectivity index (χ1n) is 8.53. The van der Waals surface area contributed by atoms with Crippen LogP contribution in [0.25, 0.3) is 10.8 Å². The summed E-state index contributed by atoms with van der Waals surface area (Å²) < 4.78 is 5.68. The fraction of sp³-hybridized carbons (Fsp3) is 0.263. The highest BCUT2D eigenvalue weighted by Gasteiger charge is 2.14. The fourth-order valence-corrected chi connectivity index (χ4v) is 2.55. The maximum absolute atomic E-state index is 12.6. The van der Waals surface area contributed by atoms with E-state index in [1.807, 2.05) is 6.07 Å². The van der Waals surface area contributed by atoms with Crippen molar-refractivity contribution >= 4 is 16.7 Å². The Morgan fingerprint density at radius 3 is 2.81 bits per heavy atom. The van der Waals surface area contributed by atoms with Crippen molar-refractivity contribution in [3.05, 3.63) is 64.2 Å². The van der Waals surface area contributed by atoms with E-state index in [4.69, 9.17) is 4.74 Å². The summed E-state index contributed by atoms with van der Waals surface area (Å²) in [6.45, 7) is 2.92. The third-order valence-electron chi connectivity index (χ3n) is 3.94. The van der Waals surface area contributed by atoms with E-state index in [0.717, 1.165) is 18.4 Å². The topological polar surface area (TPSA) is 97.0 Å². The molecule has 2 aromatic heterocycles. The molecular formula is C19H20N4O3. The molecule has 2 N–H and O–H groups in total. The second kappa shape index (κ2) is 8.24. The Labute approximate surface area is 150 Å². The van der Waals surface area contributed by atoms with Gasteiger partial charge in [-0.2, -0.15) is 5.10 Å². The number of carbonyl (C=O) groups excluding carboxylic acids is 1. The van der Waals surface area contributed by atoms with Crippen LogP contribution < -0.4 is 15.6 Å². The van der Waals surface area contributed by atoms with E-state index in [9.17, 15) is 9.59 Å². The normalized spacial score (nSPS) is 10.7. The Kier molecular flexibility index (Phi) is 5.58. The smallest absolute Gasteiger partial charge is 0.272 e. The minimum Gasteiger partial charge on any atom is -0.477 e. The van der Waals surface area contributed by atoms with Gasteiger partial charge < -0.3 is 10.1 Å². The van der Waals surface area contributed by atoms with Gasteiger partial charge in [0.1, 0.15) is 0 Å². The lowest BCUT2D eigenvalue weighted by Crippen LogP contribution is -2.26. The Bertz CT molecular complexity index is 968. The minimum absolute atomic E-state index is 0.178. The molecule has 1 aromatic carbocycles. The number of unbranched alkanes of at least 4 members (excludes halogenated alkanes) is 1. The van der Waals surface area contributed by atoms with E-state index >= 15 is 0 Å². The van der Waals surface area contributed by atoms with Crippen molar-refractivity contribution < 1.29 is 9.53 Å². The number of carbonyl (C=O) groups is 1. The first-order chi connectivity index (χ1) is 12.7. The number of aromatic amines is 1. The van der Waals surface area contributed by atoms with Crippen LogP contribution >= 0.6 is 0 Å². The zero-order valence-corrected chi connectivity index (χ0v) is 14.5. The Morgan fingerprint density at radius 1 is 1.19 bits per heavy atom. The maximum Gasteiger partial charge on any atom is 0.272 e. The van der Waals surface area contributed by atoms with Gasteiger partial charge in [-0.15, -0.1) is 0 Å². The van der Waals surface area contributed by atoms with Gasteiger partial charge in [-0.3, -0.25) is 9.59 Å². The SMILES string of the molecule is CCCCOc1ncccc1CNC(=O)c1n[nH]c(=O)c2ccccc12. The number of hydrogen-bond donors (Lipinski definition) is 2. The number of rotatable bonds is 7. The molecule has 0 unspecified atom stereocenters. The van der Waals surface area contributed by atoms with Crippen LogP contribution in [0.3, 0.4) is 0 Å². The monoisotopic (exact) mass is 352 g/mol. The average Bonchev–Trinajstić information content (AvgIpc) is 2.68. The van der Waals surface area contributed by atoms with Crippen LogP contribution in [0.4, 0.5) is 0 Å². The Morgan fingerprint density at radius 2 is 2.00 bits per heavy atom. The fourth-order valence-electron chi connectivity index (χ4n) is 2.55. The van der Waals surface area contributed by atoms with Gasteiger partial charge in [0.2, 0.25) is 5.88 Å². The molecule has 26 heavy (non-hydrogen) atoms. The van der Waals surface area contributed by atoms with Crippen molar-refractivity contribution in [3.63, 3.8) is 0 Å². The largest absolute Gasteiger partial charge is 0.477 e. The Balaban J connectivity index is 1.76. The van der Waals surface area contributed by atoms with Crippen molar-refractivity contribution in [2.45, 2.75) is 26.3 Å². The molecule has 0 saturated carbocycles. The van der Waals surface area contributed by atoms with Crippen LogP contribution in [-0.4, -0.2) is 27.7 Å². The van der Waals surface area contributed by atoms with Gasteiger partial charge in [0.15, 0.2) is 5.69 Å². The first kappa shape index (κ1) is 17.6. The lowest BCUT2D eigenvalue weighted by molar-refractivity contribution is 0.0946. The lowest BCUT2D eigenvalue weighted by atomic mass is 10.1. The van der Waals surface area contributed by atoms with Crippen LogP contribution in [0.5, 0.6) is 5.88 Å². The molecule has 134 valence electrons. The van der Waals surface area contributed by atoms with Crippen LogP contribution in [0.15, 0.2) is 47.4 Å². The molecule has 7 nitrogen and oxygen atoms in total. The van der Waals surface area contributed by atoms with Crippen LogP contribution in [0, 0.1) is 0 Å². The molecule has 1 amide bonds. The van der Waals surface area contributed by atoms with Crippen molar-refractivity contribution in [3.8, 4) is 5.88 Å². The number of nitrogens with zero attached hydrogens (tertiary/aromatic N) is 2. The van der Waals surface area contributed by atoms with Crippen LogP contribution in [0.2, 0.25) is 0 Å². The number of pyridine rings is 1. The van der Waals surface area contributed by atoms with E-state index in [1.54, 1.807) is 36.5 Å². The van der Waals surface area contributed by atoms with E-state index in [1.165, 1.54) is 0 Å². The third kappa shape index (κ3) is 3.88. The molecule has 0 aliphatic heterocycles. The average molecular weight is 352 g/mol. The predicted octanol–water partition coefficient (Wildman–Crippen LogP) is 2.43. The summed E-state index contributed by atoms with van der Waals surface area (Å²) in [7, 11) is 0. The molecule has 0 atom stereocenters. The number of ether oxygens (including phenoxy) is 1. The summed E-state index contributed by atoms with van der Waals surface area (Å²) in [6, 6.07) is 10.5. The number of aromatic nitrogens is 3. The molecule has 7 heteroatoms. The summed E-state index contributed by atoms with van der Waals surface area (Å²) in [4.78, 5) is 28.6. The molecule has 2 heterocycles. The number of nitrogens with one attached hydrogen (secondary N) is 2. The quantitative estimate of drug-likeness (QED) is 0.637. The van der Waals surface area contributed by atoms with E-state index in [2.05, 4.69) is 27.4 Å². The van der Waals surface area contributed by atoms with E-state index in [0.29, 0.717) is 23.3 Å². The zero-order valence-electron chi connectivity index (χ0n) is 14.5. The summed E-state index contributed by atoms with van der Waals surface area (Å²) in [5.74, 6) is 0.140. The van der Waals surface area contributed by atoms with E-state index < -0.39 is 0 Å². The predicted molar refractivity (Wildman–Crippen MR) is 98.2 cm³/mol. The molecule has 0 aliphatic carbocycles. The molecule has 0 radical (unpaired) electrons. The molecular weight excluding hydrogens is 332 g/mol. The lowest BCUT2D eigenvalue weighted by Gasteiger charge is -2.11. The van der Waals surface area contributed by atoms with Gasteiger partial charge in [-0.1, -0.05) is 37.6 Å². The van der Waals surface area contributed by atoms with Gasteiger partial charge in [-0.25, -0.2) is 10.1 Å². The van der Waals surface area contributed by atoms with E-state index in [-0.39, 0.29) is 23.7 Å². The van der Waals surface area contributed by atoms with Gasteiger partial charge >= 0.3 is 0 Å². The zero-order chi connectivity index (χ0) is 18.4. The van der Waals surface area contributed by atoms with Crippen molar-refractivity contribution in [2.24, 2.45) is 0 Å². The molecule has 0 spiro atoms. The molecule has 0 aliphatic rings. The van der Waals surface area contributed by atoms with Crippen molar-refractivity contribution in [1.82, 2.24) is 20.5 Å². The number of fused-ring (bicyclic) bond motifs is 1. The highest BCUT2D eigenvalue weighted by molar-refractivity contribution is 6.04. The van der Waals surface area contributed by atoms with Gasteiger partial charge in [0.25, 0.3) is 11.5 Å². The minimum atomic E-state index is -0.374. The summed E-state index contributed by atoms with van der Waals surface area (Å²) in [5.41, 5.74) is 0.638. The van der Waals surface area contributed by atoms with Gasteiger partial charge in [0.05, 0.1) is 12.0 Å². The number of H-pyrrole nitrogens is 1. The standard InChI is InChI=1S/C19H20N4O3/c1-2-3-11-26-19-13(7-6-10-20-19)12-21-18(25)16-14-8-4-5-9-15(14)17(24)23-22-16/h4-10H,2-3,11-12H2,1H3,(H,21,25)(H,23,24). The van der Waals surface area contributed by atoms with Crippen molar-refractivity contribution in [2.75, 3.05) is 6.61 Å². The summed E-state index contributed by atoms with van der Waals surface area (Å²) >= 11 is 0. The van der Waals surface area contributed by atoms with Gasteiger partial charge in [-0.05, 0) is 18.6 Å². The molecule has 3 rings (SSSR count). The second-order valence-electron chi connectivity index (χ2n) is 5.80. The van der Waals surface area contributed by atoms with Crippen LogP contribution in [0.1, 0.15) is 35.8 Å². The number of amides is 1. The Hall–Kier alpha value is -3.22. The van der Waals surface area contributed by atoms with Gasteiger partial charge in [0, 0.05) is 23.7 Å². The molecule has 0 fully saturated rings. The molecule has 3 aromatic rings. The number of benzene rings is 1. The highest BCUT2D eigenvalue weighted by Crippen LogP contribution is 2.16. The maximum atomic E-state index is 12.6.